The van der Waals surface area contributed by atoms with Crippen LogP contribution < -0.4 is 16.2 Å². The van der Waals surface area contributed by atoms with E-state index in [2.05, 4.69) is 34.1 Å². The molecule has 1 aliphatic rings. The quantitative estimate of drug-likeness (QED) is 0.618. The van der Waals surface area contributed by atoms with Gasteiger partial charge in [-0.25, -0.2) is 15.8 Å². The molecule has 0 spiro atoms. The molecule has 1 aliphatic heterocycles. The van der Waals surface area contributed by atoms with Crippen molar-refractivity contribution >= 4 is 11.6 Å². The molecule has 3 N–H and O–H groups in total. The second-order valence-corrected chi connectivity index (χ2v) is 5.32. The van der Waals surface area contributed by atoms with E-state index in [4.69, 9.17) is 10.6 Å². The maximum atomic E-state index is 5.48. The Bertz CT molecular complexity index is 423. The molecular formula is C13H23N5O. The van der Waals surface area contributed by atoms with Crippen molar-refractivity contribution < 1.29 is 4.74 Å². The van der Waals surface area contributed by atoms with Crippen molar-refractivity contribution in [1.29, 1.82) is 0 Å². The molecular weight excluding hydrogens is 242 g/mol. The van der Waals surface area contributed by atoms with Crippen LogP contribution in [0.15, 0.2) is 6.07 Å². The van der Waals surface area contributed by atoms with Gasteiger partial charge >= 0.3 is 0 Å². The molecule has 0 aromatic carbocycles. The fourth-order valence-electron chi connectivity index (χ4n) is 2.36. The summed E-state index contributed by atoms with van der Waals surface area (Å²) in [7, 11) is 1.75. The van der Waals surface area contributed by atoms with Crippen molar-refractivity contribution in [2.45, 2.75) is 26.2 Å². The third-order valence-electron chi connectivity index (χ3n) is 3.41. The number of nitrogens with two attached hydrogens (primary N) is 1. The molecule has 1 saturated heterocycles. The van der Waals surface area contributed by atoms with E-state index in [1.807, 2.05) is 6.07 Å². The molecule has 1 fully saturated rings. The summed E-state index contributed by atoms with van der Waals surface area (Å²) in [4.78, 5) is 11.3. The number of nitrogens with zero attached hydrogens (tertiary/aromatic N) is 3. The molecule has 106 valence electrons. The van der Waals surface area contributed by atoms with Gasteiger partial charge in [-0.3, -0.25) is 0 Å². The highest BCUT2D eigenvalue weighted by Crippen LogP contribution is 2.25. The zero-order chi connectivity index (χ0) is 13.8. The van der Waals surface area contributed by atoms with Gasteiger partial charge in [0, 0.05) is 38.1 Å². The number of ether oxygens (including phenoxy) is 1. The number of hydrogen-bond acceptors (Lipinski definition) is 6. The minimum atomic E-state index is 0.282. The minimum Gasteiger partial charge on any atom is -0.384 e. The number of methoxy groups -OCH3 is 1. The van der Waals surface area contributed by atoms with Gasteiger partial charge in [-0.05, 0) is 6.42 Å². The second-order valence-electron chi connectivity index (χ2n) is 5.32. The molecule has 19 heavy (non-hydrogen) atoms. The number of rotatable bonds is 5. The maximum Gasteiger partial charge on any atom is 0.145 e. The Morgan fingerprint density at radius 1 is 1.53 bits per heavy atom. The van der Waals surface area contributed by atoms with Gasteiger partial charge in [-0.2, -0.15) is 0 Å². The highest BCUT2D eigenvalue weighted by atomic mass is 16.5. The lowest BCUT2D eigenvalue weighted by Gasteiger charge is -2.19. The van der Waals surface area contributed by atoms with Gasteiger partial charge in [0.05, 0.1) is 6.61 Å². The lowest BCUT2D eigenvalue weighted by Crippen LogP contribution is -2.23. The Balaban J connectivity index is 2.17. The number of nitrogens with one attached hydrogen (secondary N) is 1. The van der Waals surface area contributed by atoms with Gasteiger partial charge in [0.1, 0.15) is 17.5 Å². The van der Waals surface area contributed by atoms with Crippen LogP contribution in [0.25, 0.3) is 0 Å². The van der Waals surface area contributed by atoms with E-state index in [0.717, 1.165) is 37.8 Å². The molecule has 1 aromatic heterocycles. The molecule has 2 rings (SSSR count). The number of hydrogen-bond donors (Lipinski definition) is 2. The number of aromatic nitrogens is 2. The molecule has 0 aliphatic carbocycles. The molecule has 1 atom stereocenters. The monoisotopic (exact) mass is 265 g/mol. The number of nitrogen functional groups attached to an aromatic ring is 1. The Labute approximate surface area is 114 Å². The molecule has 0 bridgehead atoms. The first-order chi connectivity index (χ1) is 9.13. The first-order valence-electron chi connectivity index (χ1n) is 6.73. The van der Waals surface area contributed by atoms with Crippen molar-refractivity contribution in [1.82, 2.24) is 9.97 Å². The first kappa shape index (κ1) is 14.0. The Morgan fingerprint density at radius 2 is 2.32 bits per heavy atom. The Hall–Kier alpha value is -1.40. The van der Waals surface area contributed by atoms with Gasteiger partial charge in [0.2, 0.25) is 0 Å². The largest absolute Gasteiger partial charge is 0.384 e. The summed E-state index contributed by atoms with van der Waals surface area (Å²) >= 11 is 0. The van der Waals surface area contributed by atoms with Crippen LogP contribution in [-0.4, -0.2) is 36.8 Å². The highest BCUT2D eigenvalue weighted by molar-refractivity contribution is 5.49. The first-order valence-corrected chi connectivity index (χ1v) is 6.73. The minimum absolute atomic E-state index is 0.282. The fourth-order valence-corrected chi connectivity index (χ4v) is 2.36. The summed E-state index contributed by atoms with van der Waals surface area (Å²) in [5.41, 5.74) is 2.62. The van der Waals surface area contributed by atoms with E-state index in [1.165, 1.54) is 0 Å². The lowest BCUT2D eigenvalue weighted by atomic mass is 10.1. The van der Waals surface area contributed by atoms with Crippen LogP contribution in [0.3, 0.4) is 0 Å². The smallest absolute Gasteiger partial charge is 0.145 e. The number of hydrazine groups is 1. The highest BCUT2D eigenvalue weighted by Gasteiger charge is 2.24. The zero-order valence-corrected chi connectivity index (χ0v) is 11.9. The maximum absolute atomic E-state index is 5.48. The van der Waals surface area contributed by atoms with Crippen LogP contribution in [0.4, 0.5) is 11.6 Å². The van der Waals surface area contributed by atoms with E-state index in [9.17, 15) is 0 Å². The lowest BCUT2D eigenvalue weighted by molar-refractivity contribution is 0.161. The summed E-state index contributed by atoms with van der Waals surface area (Å²) in [6.07, 6.45) is 1.14. The molecule has 1 unspecified atom stereocenters. The molecule has 0 saturated carbocycles. The molecule has 6 heteroatoms. The average Bonchev–Trinajstić information content (AvgIpc) is 2.87. The number of anilines is 2. The van der Waals surface area contributed by atoms with Crippen LogP contribution in [-0.2, 0) is 4.74 Å². The van der Waals surface area contributed by atoms with Crippen LogP contribution in [0.5, 0.6) is 0 Å². The van der Waals surface area contributed by atoms with Crippen molar-refractivity contribution in [3.63, 3.8) is 0 Å². The van der Waals surface area contributed by atoms with Crippen LogP contribution in [0.1, 0.15) is 32.0 Å². The van der Waals surface area contributed by atoms with Crippen LogP contribution >= 0.6 is 0 Å². The summed E-state index contributed by atoms with van der Waals surface area (Å²) in [6, 6.07) is 1.90. The van der Waals surface area contributed by atoms with Crippen molar-refractivity contribution in [2.75, 3.05) is 37.1 Å². The Morgan fingerprint density at radius 3 is 2.95 bits per heavy atom. The SMILES string of the molecule is COCC1CCN(c2cc(NN)nc(C(C)C)n2)C1. The van der Waals surface area contributed by atoms with Crippen LogP contribution in [0, 0.1) is 5.92 Å². The van der Waals surface area contributed by atoms with E-state index >= 15 is 0 Å². The van der Waals surface area contributed by atoms with Crippen molar-refractivity contribution in [3.05, 3.63) is 11.9 Å². The summed E-state index contributed by atoms with van der Waals surface area (Å²) in [6.45, 7) is 6.95. The molecule has 6 nitrogen and oxygen atoms in total. The molecule has 1 aromatic rings. The van der Waals surface area contributed by atoms with Crippen molar-refractivity contribution in [2.24, 2.45) is 11.8 Å². The molecule has 0 amide bonds. The van der Waals surface area contributed by atoms with E-state index in [-0.39, 0.29) is 5.92 Å². The third-order valence-corrected chi connectivity index (χ3v) is 3.41. The van der Waals surface area contributed by atoms with E-state index in [0.29, 0.717) is 11.7 Å². The topological polar surface area (TPSA) is 76.3 Å². The zero-order valence-electron chi connectivity index (χ0n) is 11.9. The average molecular weight is 265 g/mol. The van der Waals surface area contributed by atoms with Gasteiger partial charge in [-0.15, -0.1) is 0 Å². The summed E-state index contributed by atoms with van der Waals surface area (Å²) in [5.74, 6) is 8.78. The predicted octanol–water partition coefficient (Wildman–Crippen LogP) is 1.36. The fraction of sp³-hybridized carbons (Fsp3) is 0.692. The molecule has 0 radical (unpaired) electrons. The van der Waals surface area contributed by atoms with Gasteiger partial charge in [0.25, 0.3) is 0 Å². The Kier molecular flexibility index (Phi) is 4.55. The van der Waals surface area contributed by atoms with Gasteiger partial charge in [0.15, 0.2) is 0 Å². The van der Waals surface area contributed by atoms with Gasteiger partial charge in [-0.1, -0.05) is 13.8 Å². The molecule has 2 heterocycles. The standard InChI is InChI=1S/C13H23N5O/c1-9(2)13-15-11(17-14)6-12(16-13)18-5-4-10(7-18)8-19-3/h6,9-10H,4-5,7-8,14H2,1-3H3,(H,15,16,17). The van der Waals surface area contributed by atoms with Gasteiger partial charge < -0.3 is 15.1 Å². The second kappa shape index (κ2) is 6.16. The summed E-state index contributed by atoms with van der Waals surface area (Å²) < 4.78 is 5.23. The summed E-state index contributed by atoms with van der Waals surface area (Å²) in [5, 5.41) is 0. The van der Waals surface area contributed by atoms with Crippen LogP contribution in [0.2, 0.25) is 0 Å². The van der Waals surface area contributed by atoms with Crippen molar-refractivity contribution in [3.8, 4) is 0 Å². The van der Waals surface area contributed by atoms with E-state index in [1.54, 1.807) is 7.11 Å². The van der Waals surface area contributed by atoms with E-state index < -0.39 is 0 Å². The normalized spacial score (nSPS) is 19.2. The third kappa shape index (κ3) is 3.33. The predicted molar refractivity (Wildman–Crippen MR) is 76.1 cm³/mol.